The molecule has 518 valence electrons. The summed E-state index contributed by atoms with van der Waals surface area (Å²) in [5, 5.41) is 31.8. The van der Waals surface area contributed by atoms with Crippen molar-refractivity contribution in [3.63, 3.8) is 0 Å². The fraction of sp³-hybridized carbons (Fsp3) is 0.132. The molecule has 0 aliphatic rings. The number of carbonyl (C=O) groups is 2. The summed E-state index contributed by atoms with van der Waals surface area (Å²) in [6, 6.07) is 68.9. The van der Waals surface area contributed by atoms with Gasteiger partial charge < -0.3 is 39.6 Å². The molecular weight excluding hydrogens is 1680 g/mol. The summed E-state index contributed by atoms with van der Waals surface area (Å²) >= 11 is 17.4. The number of esters is 2. The van der Waals surface area contributed by atoms with E-state index in [1.807, 2.05) is 109 Å². The van der Waals surface area contributed by atoms with Crippen molar-refractivity contribution in [1.82, 2.24) is 4.57 Å². The molecule has 0 saturated carbocycles. The molecule has 0 spiro atoms. The lowest BCUT2D eigenvalue weighted by Crippen LogP contribution is -2.18. The predicted molar refractivity (Wildman–Crippen MR) is 432 cm³/mol. The van der Waals surface area contributed by atoms with Gasteiger partial charge in [-0.2, -0.15) is 15.8 Å². The maximum absolute atomic E-state index is 12.8. The normalized spacial score (nSPS) is 10.6. The molecule has 4 N–H and O–H groups in total. The van der Waals surface area contributed by atoms with Crippen LogP contribution in [0.3, 0.4) is 0 Å². The van der Waals surface area contributed by atoms with Crippen molar-refractivity contribution in [3.8, 4) is 41.1 Å². The number of carbonyl (C=O) groups excluding carboxylic acids is 2. The Morgan fingerprint density at radius 3 is 1.50 bits per heavy atom. The van der Waals surface area contributed by atoms with Crippen LogP contribution in [0.1, 0.15) is 58.4 Å². The van der Waals surface area contributed by atoms with Crippen LogP contribution < -0.4 is 30.8 Å². The molecule has 0 saturated heterocycles. The molecule has 0 fully saturated rings. The number of nitrogens with one attached hydrogen (secondary N) is 1. The van der Waals surface area contributed by atoms with Crippen molar-refractivity contribution in [1.29, 1.82) is 15.8 Å². The highest BCUT2D eigenvalue weighted by Gasteiger charge is 2.17. The number of methoxy groups -OCH3 is 3. The van der Waals surface area contributed by atoms with E-state index in [1.54, 1.807) is 130 Å². The van der Waals surface area contributed by atoms with Crippen molar-refractivity contribution >= 4 is 175 Å². The van der Waals surface area contributed by atoms with Gasteiger partial charge in [-0.15, -0.1) is 35.3 Å². The van der Waals surface area contributed by atoms with Gasteiger partial charge in [-0.25, -0.2) is 13.8 Å². The van der Waals surface area contributed by atoms with Crippen LogP contribution >= 0.6 is 123 Å². The molecule has 101 heavy (non-hydrogen) atoms. The quantitative estimate of drug-likeness (QED) is 0.0143. The van der Waals surface area contributed by atoms with E-state index in [1.165, 1.54) is 28.8 Å². The molecule has 0 aliphatic carbocycles. The smallest absolute Gasteiger partial charge is 0.330 e. The Balaban J connectivity index is 0.000000218. The fourth-order valence-corrected chi connectivity index (χ4v) is 13.6. The third-order valence-corrected chi connectivity index (χ3v) is 20.1. The van der Waals surface area contributed by atoms with Gasteiger partial charge in [-0.1, -0.05) is 91.0 Å². The molecule has 0 radical (unpaired) electrons. The zero-order chi connectivity index (χ0) is 73.1. The van der Waals surface area contributed by atoms with E-state index in [9.17, 15) is 29.1 Å². The molecule has 25 heteroatoms. The highest BCUT2D eigenvalue weighted by molar-refractivity contribution is 14.1. The van der Waals surface area contributed by atoms with Crippen molar-refractivity contribution in [2.75, 3.05) is 45.6 Å². The number of rotatable bonds is 22. The second-order valence-electron chi connectivity index (χ2n) is 20.4. The number of halogens is 5. The van der Waals surface area contributed by atoms with E-state index in [0.29, 0.717) is 67.4 Å². The van der Waals surface area contributed by atoms with Crippen LogP contribution in [0.25, 0.3) is 28.7 Å². The lowest BCUT2D eigenvalue weighted by Gasteiger charge is -2.15. The van der Waals surface area contributed by atoms with Gasteiger partial charge in [0.05, 0.1) is 80.2 Å². The number of thioether (sulfide) groups is 3. The van der Waals surface area contributed by atoms with Crippen LogP contribution in [0.15, 0.2) is 239 Å². The number of ether oxygens (including phenoxy) is 5. The zero-order valence-electron chi connectivity index (χ0n) is 55.0. The van der Waals surface area contributed by atoms with Gasteiger partial charge in [-0.3, -0.25) is 9.36 Å². The van der Waals surface area contributed by atoms with Crippen molar-refractivity contribution < 1.29 is 42.4 Å². The number of pyridine rings is 1. The average Bonchev–Trinajstić information content (AvgIpc) is 0.769. The number of aromatic nitrogens is 1. The van der Waals surface area contributed by atoms with Crippen LogP contribution in [0.5, 0.6) is 17.2 Å². The lowest BCUT2D eigenvalue weighted by molar-refractivity contribution is -0.138. The number of nitrogens with zero attached hydrogens (tertiary/aromatic N) is 4. The molecule has 1 heterocycles. The van der Waals surface area contributed by atoms with E-state index in [2.05, 4.69) is 136 Å². The Hall–Kier alpha value is -7.95. The molecule has 10 rings (SSSR count). The van der Waals surface area contributed by atoms with Gasteiger partial charge in [0.15, 0.2) is 0 Å². The highest BCUT2D eigenvalue weighted by atomic mass is 127. The standard InChI is InChI=1S/C26H23BrN2O3S.C24H17BrN2O2S.C18H19NO2S.C8H5BrINO.FH3OP2/c1-3-32-26(30)12-9-19-13-21(33-17-18-7-5-4-6-8-18)10-11-23(19)29-24-14-20(16-28)22(27)15-25(24)31-2;1-29-23-13-20(25)18(14-26)12-22(23)27-21-9-8-19(11-17(21)7-10-24(27)28)30-15-16-5-3-2-4-6-16;1-2-21-18(20)11-8-15-12-16(9-10-17(15)19)22-13-14-6-4-3-5-7-14;1-12-8-3-6(9)5(4-11)2-7(8)10;1-3-4-2/h4-15,29H,3,17H2,1-2H3;2-13H,15H2,1H3;3-12H,2,13,19H2,1H3;2-3H,1H3;2-4H/b12-9+;;11-8+;;. The van der Waals surface area contributed by atoms with Gasteiger partial charge in [0, 0.05) is 75.0 Å². The maximum atomic E-state index is 12.8. The minimum absolute atomic E-state index is 0.184. The minimum atomic E-state index is -0.776. The van der Waals surface area contributed by atoms with Gasteiger partial charge in [0.1, 0.15) is 44.0 Å². The summed E-state index contributed by atoms with van der Waals surface area (Å²) in [4.78, 5) is 46.9. The SMILES string of the molecule is CCOC(=O)/C=C/c1cc(SCc2ccccc2)ccc1N.CCOC(=O)/C=C/c1cc(SCc2ccccc2)ccc1Nc1cc(C#N)c(Br)cc1OC.COc1cc(Br)c(C#N)cc1-n1c(=O)ccc2cc(SCc3ccccc3)ccc21.COc1cc(Br)c(C#N)cc1I.OPPF. The molecule has 2 unspecified atom stereocenters. The second-order valence-corrected chi connectivity index (χ2v) is 29.0. The maximum Gasteiger partial charge on any atom is 0.330 e. The first kappa shape index (κ1) is 82.0. The number of nitrogen functional groups attached to an aromatic ring is 1. The summed E-state index contributed by atoms with van der Waals surface area (Å²) in [6.07, 6.45) is 6.24. The Kier molecular flexibility index (Phi) is 36.1. The van der Waals surface area contributed by atoms with Gasteiger partial charge in [0.2, 0.25) is 0 Å². The summed E-state index contributed by atoms with van der Waals surface area (Å²) in [5.74, 6) is 3.72. The third-order valence-electron chi connectivity index (χ3n) is 13.8. The molecule has 0 aliphatic heterocycles. The largest absolute Gasteiger partial charge is 0.496 e. The summed E-state index contributed by atoms with van der Waals surface area (Å²) in [6.45, 7) is 4.23. The molecule has 0 bridgehead atoms. The van der Waals surface area contributed by atoms with Crippen molar-refractivity contribution in [2.24, 2.45) is 0 Å². The Morgan fingerprint density at radius 1 is 0.574 bits per heavy atom. The number of anilines is 3. The molecule has 2 atom stereocenters. The number of hydrogen-bond acceptors (Lipinski definition) is 17. The Morgan fingerprint density at radius 2 is 1.01 bits per heavy atom. The van der Waals surface area contributed by atoms with Crippen molar-refractivity contribution in [3.05, 3.63) is 278 Å². The minimum Gasteiger partial charge on any atom is -0.496 e. The molecule has 1 aromatic heterocycles. The third kappa shape index (κ3) is 26.4. The number of nitriles is 3. The average molecular weight is 1750 g/mol. The van der Waals surface area contributed by atoms with Crippen LogP contribution in [0, 0.1) is 37.6 Å². The lowest BCUT2D eigenvalue weighted by atomic mass is 10.1. The van der Waals surface area contributed by atoms with Gasteiger partial charge in [0.25, 0.3) is 5.56 Å². The fourth-order valence-electron chi connectivity index (χ4n) is 8.94. The summed E-state index contributed by atoms with van der Waals surface area (Å²) in [5.41, 5.74) is 16.1. The van der Waals surface area contributed by atoms with Gasteiger partial charge in [-0.05, 0) is 227 Å². The molecule has 10 aromatic rings. The molecular formula is C76H67Br3FIN6O9P2S3. The monoisotopic (exact) mass is 1750 g/mol. The van der Waals surface area contributed by atoms with E-state index in [4.69, 9.17) is 39.6 Å². The first-order valence-corrected chi connectivity index (χ1v) is 39.6. The number of fused-ring (bicyclic) bond motifs is 1. The van der Waals surface area contributed by atoms with E-state index in [0.717, 1.165) is 73.5 Å². The number of benzene rings is 9. The first-order chi connectivity index (χ1) is 48.9. The van der Waals surface area contributed by atoms with E-state index in [-0.39, 0.29) is 11.5 Å². The first-order valence-electron chi connectivity index (χ1n) is 30.3. The molecule has 15 nitrogen and oxygen atoms in total. The second kappa shape index (κ2) is 44.4. The summed E-state index contributed by atoms with van der Waals surface area (Å²) in [7, 11) is 3.45. The van der Waals surface area contributed by atoms with Gasteiger partial charge >= 0.3 is 11.9 Å². The van der Waals surface area contributed by atoms with E-state index < -0.39 is 23.0 Å². The predicted octanol–water partition coefficient (Wildman–Crippen LogP) is 21.0. The van der Waals surface area contributed by atoms with Crippen LogP contribution in [-0.2, 0) is 36.3 Å². The number of nitrogens with two attached hydrogens (primary N) is 1. The number of hydrogen-bond donors (Lipinski definition) is 3. The molecule has 0 amide bonds. The van der Waals surface area contributed by atoms with Crippen LogP contribution in [0.2, 0.25) is 0 Å². The summed E-state index contributed by atoms with van der Waals surface area (Å²) < 4.78 is 41.0. The van der Waals surface area contributed by atoms with E-state index >= 15 is 0 Å². The topological polar surface area (TPSA) is 232 Å². The van der Waals surface area contributed by atoms with Crippen molar-refractivity contribution in [2.45, 2.75) is 45.8 Å². The zero-order valence-corrected chi connectivity index (χ0v) is 66.4. The Bertz CT molecular complexity index is 4680. The van der Waals surface area contributed by atoms with Crippen LogP contribution in [-0.4, -0.2) is 55.9 Å². The highest BCUT2D eigenvalue weighted by Crippen LogP contribution is 2.38. The molecule has 9 aromatic carbocycles. The Labute approximate surface area is 642 Å². The van der Waals surface area contributed by atoms with Crippen LogP contribution in [0.4, 0.5) is 21.3 Å².